The van der Waals surface area contributed by atoms with Crippen molar-refractivity contribution >= 4 is 23.6 Å². The normalized spacial score (nSPS) is 11.5. The average Bonchev–Trinajstić information content (AvgIpc) is 2.60. The highest BCUT2D eigenvalue weighted by Gasteiger charge is 2.30. The van der Waals surface area contributed by atoms with E-state index in [-0.39, 0.29) is 5.56 Å². The fourth-order valence-corrected chi connectivity index (χ4v) is 2.72. The Kier molecular flexibility index (Phi) is 6.62. The van der Waals surface area contributed by atoms with Gasteiger partial charge >= 0.3 is 12.1 Å². The van der Waals surface area contributed by atoms with Crippen molar-refractivity contribution in [1.29, 1.82) is 0 Å². The Labute approximate surface area is 161 Å². The minimum Gasteiger partial charge on any atom is -0.452 e. The van der Waals surface area contributed by atoms with Gasteiger partial charge in [-0.3, -0.25) is 4.79 Å². The number of hydrogen-bond donors (Lipinski definition) is 1. The monoisotopic (exact) mass is 391 g/mol. The van der Waals surface area contributed by atoms with Gasteiger partial charge in [0.2, 0.25) is 0 Å². The zero-order valence-corrected chi connectivity index (χ0v) is 15.7. The molecule has 4 nitrogen and oxygen atoms in total. The summed E-state index contributed by atoms with van der Waals surface area (Å²) in [6, 6.07) is 8.37. The first-order valence-corrected chi connectivity index (χ1v) is 8.46. The van der Waals surface area contributed by atoms with Crippen LogP contribution in [0.1, 0.15) is 27.8 Å². The van der Waals surface area contributed by atoms with Crippen LogP contribution in [0.3, 0.4) is 0 Å². The molecule has 0 aliphatic heterocycles. The Morgan fingerprint density at radius 2 is 1.71 bits per heavy atom. The number of hydrogen-bond acceptors (Lipinski definition) is 3. The molecule has 0 saturated carbocycles. The maximum absolute atomic E-state index is 12.7. The van der Waals surface area contributed by atoms with Crippen molar-refractivity contribution in [2.75, 3.05) is 11.9 Å². The van der Waals surface area contributed by atoms with Gasteiger partial charge < -0.3 is 10.1 Å². The zero-order chi connectivity index (χ0) is 20.9. The quantitative estimate of drug-likeness (QED) is 0.587. The molecule has 0 fully saturated rings. The van der Waals surface area contributed by atoms with Gasteiger partial charge in [-0.1, -0.05) is 29.8 Å². The first kappa shape index (κ1) is 21.2. The summed E-state index contributed by atoms with van der Waals surface area (Å²) in [5.41, 5.74) is 2.89. The van der Waals surface area contributed by atoms with E-state index in [0.29, 0.717) is 5.69 Å². The number of benzene rings is 2. The third-order valence-corrected chi connectivity index (χ3v) is 3.91. The summed E-state index contributed by atoms with van der Waals surface area (Å²) in [5.74, 6) is -1.33. The molecule has 2 rings (SSSR count). The number of carbonyl (C=O) groups excluding carboxylic acids is 2. The minimum atomic E-state index is -4.46. The van der Waals surface area contributed by atoms with Crippen molar-refractivity contribution in [3.63, 3.8) is 0 Å². The Hall–Kier alpha value is -3.09. The lowest BCUT2D eigenvalue weighted by Crippen LogP contribution is -2.21. The number of amides is 1. The van der Waals surface area contributed by atoms with Crippen molar-refractivity contribution in [1.82, 2.24) is 0 Å². The molecule has 1 N–H and O–H groups in total. The molecule has 0 aliphatic rings. The third-order valence-electron chi connectivity index (χ3n) is 3.91. The number of halogens is 3. The maximum atomic E-state index is 12.7. The van der Waals surface area contributed by atoms with E-state index in [1.807, 2.05) is 32.9 Å². The number of nitrogens with one attached hydrogen (secondary N) is 1. The molecule has 2 aromatic carbocycles. The second kappa shape index (κ2) is 8.73. The van der Waals surface area contributed by atoms with Gasteiger partial charge in [0.15, 0.2) is 6.61 Å². The van der Waals surface area contributed by atoms with E-state index < -0.39 is 30.2 Å². The molecule has 0 radical (unpaired) electrons. The van der Waals surface area contributed by atoms with E-state index in [9.17, 15) is 22.8 Å². The molecule has 2 aromatic rings. The first-order chi connectivity index (χ1) is 13.1. The highest BCUT2D eigenvalue weighted by Crippen LogP contribution is 2.29. The fourth-order valence-electron chi connectivity index (χ4n) is 2.72. The number of rotatable bonds is 5. The van der Waals surface area contributed by atoms with Gasteiger partial charge in [0, 0.05) is 11.8 Å². The van der Waals surface area contributed by atoms with Gasteiger partial charge in [0.25, 0.3) is 5.91 Å². The molecule has 0 heterocycles. The lowest BCUT2D eigenvalue weighted by atomic mass is 10.1. The van der Waals surface area contributed by atoms with Crippen LogP contribution in [0, 0.1) is 20.8 Å². The number of alkyl halides is 3. The lowest BCUT2D eigenvalue weighted by molar-refractivity contribution is -0.142. The molecule has 0 aliphatic carbocycles. The Morgan fingerprint density at radius 1 is 1.07 bits per heavy atom. The van der Waals surface area contributed by atoms with Gasteiger partial charge in [-0.25, -0.2) is 4.79 Å². The average molecular weight is 391 g/mol. The first-order valence-electron chi connectivity index (χ1n) is 8.46. The van der Waals surface area contributed by atoms with Crippen LogP contribution in [-0.4, -0.2) is 18.5 Å². The lowest BCUT2D eigenvalue weighted by Gasteiger charge is -2.12. The number of anilines is 1. The molecular weight excluding hydrogens is 371 g/mol. The predicted molar refractivity (Wildman–Crippen MR) is 101 cm³/mol. The summed E-state index contributed by atoms with van der Waals surface area (Å²) in [6.45, 7) is 5.17. The van der Waals surface area contributed by atoms with Gasteiger partial charge in [0.1, 0.15) is 0 Å². The Balaban J connectivity index is 1.92. The Morgan fingerprint density at radius 3 is 2.32 bits per heavy atom. The van der Waals surface area contributed by atoms with Crippen LogP contribution in [0.25, 0.3) is 6.08 Å². The predicted octanol–water partition coefficient (Wildman–Crippen LogP) is 4.83. The van der Waals surface area contributed by atoms with E-state index in [2.05, 4.69) is 5.32 Å². The molecule has 0 bridgehead atoms. The standard InChI is InChI=1S/C21H20F3NO3/c1-13-9-14(2)20(15(3)10-13)25-18(26)12-28-19(27)8-7-16-5-4-6-17(11-16)21(22,23)24/h4-11H,12H2,1-3H3,(H,25,26)/b8-7+. The van der Waals surface area contributed by atoms with Crippen LogP contribution in [-0.2, 0) is 20.5 Å². The highest BCUT2D eigenvalue weighted by atomic mass is 19.4. The van der Waals surface area contributed by atoms with Crippen LogP contribution in [0.15, 0.2) is 42.5 Å². The molecule has 148 valence electrons. The van der Waals surface area contributed by atoms with Crippen molar-refractivity contribution in [3.05, 3.63) is 70.3 Å². The molecule has 0 saturated heterocycles. The fraction of sp³-hybridized carbons (Fsp3) is 0.238. The van der Waals surface area contributed by atoms with Crippen molar-refractivity contribution < 1.29 is 27.5 Å². The number of ether oxygens (including phenoxy) is 1. The maximum Gasteiger partial charge on any atom is 0.416 e. The summed E-state index contributed by atoms with van der Waals surface area (Å²) < 4.78 is 42.9. The van der Waals surface area contributed by atoms with Crippen LogP contribution >= 0.6 is 0 Å². The van der Waals surface area contributed by atoms with E-state index in [0.717, 1.165) is 34.9 Å². The van der Waals surface area contributed by atoms with Crippen molar-refractivity contribution in [2.24, 2.45) is 0 Å². The Bertz CT molecular complexity index is 894. The van der Waals surface area contributed by atoms with Gasteiger partial charge in [-0.05, 0) is 55.7 Å². The molecule has 1 amide bonds. The van der Waals surface area contributed by atoms with Crippen LogP contribution in [0.5, 0.6) is 0 Å². The second-order valence-corrected chi connectivity index (χ2v) is 6.39. The van der Waals surface area contributed by atoms with Crippen molar-refractivity contribution in [3.8, 4) is 0 Å². The van der Waals surface area contributed by atoms with Gasteiger partial charge in [-0.2, -0.15) is 13.2 Å². The highest BCUT2D eigenvalue weighted by molar-refractivity contribution is 5.95. The zero-order valence-electron chi connectivity index (χ0n) is 15.7. The molecule has 28 heavy (non-hydrogen) atoms. The van der Waals surface area contributed by atoms with E-state index in [1.54, 1.807) is 0 Å². The summed E-state index contributed by atoms with van der Waals surface area (Å²) in [7, 11) is 0. The molecule has 0 spiro atoms. The summed E-state index contributed by atoms with van der Waals surface area (Å²) in [5, 5.41) is 2.69. The summed E-state index contributed by atoms with van der Waals surface area (Å²) in [6.07, 6.45) is -2.29. The molecule has 0 unspecified atom stereocenters. The van der Waals surface area contributed by atoms with Gasteiger partial charge in [-0.15, -0.1) is 0 Å². The van der Waals surface area contributed by atoms with Crippen LogP contribution < -0.4 is 5.32 Å². The summed E-state index contributed by atoms with van der Waals surface area (Å²) >= 11 is 0. The third kappa shape index (κ3) is 5.97. The largest absolute Gasteiger partial charge is 0.452 e. The number of esters is 1. The van der Waals surface area contributed by atoms with E-state index in [4.69, 9.17) is 4.74 Å². The SMILES string of the molecule is Cc1cc(C)c(NC(=O)COC(=O)/C=C/c2cccc(C(F)(F)F)c2)c(C)c1. The van der Waals surface area contributed by atoms with E-state index in [1.165, 1.54) is 18.2 Å². The molecular formula is C21H20F3NO3. The minimum absolute atomic E-state index is 0.196. The number of carbonyl (C=O) groups is 2. The molecule has 7 heteroatoms. The van der Waals surface area contributed by atoms with Crippen molar-refractivity contribution in [2.45, 2.75) is 26.9 Å². The van der Waals surface area contributed by atoms with Crippen LogP contribution in [0.2, 0.25) is 0 Å². The van der Waals surface area contributed by atoms with Crippen LogP contribution in [0.4, 0.5) is 18.9 Å². The topological polar surface area (TPSA) is 55.4 Å². The molecule has 0 aromatic heterocycles. The summed E-state index contributed by atoms with van der Waals surface area (Å²) in [4.78, 5) is 23.7. The smallest absolute Gasteiger partial charge is 0.416 e. The number of aryl methyl sites for hydroxylation is 3. The molecule has 0 atom stereocenters. The van der Waals surface area contributed by atoms with E-state index >= 15 is 0 Å². The van der Waals surface area contributed by atoms with Gasteiger partial charge in [0.05, 0.1) is 5.56 Å². The second-order valence-electron chi connectivity index (χ2n) is 6.39.